The highest BCUT2D eigenvalue weighted by Gasteiger charge is 2.14. The largest absolute Gasteiger partial charge is 0.306 e. The van der Waals surface area contributed by atoms with E-state index in [1.165, 1.54) is 26.8 Å². The van der Waals surface area contributed by atoms with Gasteiger partial charge in [-0.1, -0.05) is 43.3 Å². The first-order chi connectivity index (χ1) is 10.3. The first kappa shape index (κ1) is 14.3. The van der Waals surface area contributed by atoms with Gasteiger partial charge in [-0.2, -0.15) is 0 Å². The summed E-state index contributed by atoms with van der Waals surface area (Å²) in [5, 5.41) is 8.58. The van der Waals surface area contributed by atoms with Crippen LogP contribution in [0.1, 0.15) is 35.4 Å². The van der Waals surface area contributed by atoms with Crippen molar-refractivity contribution in [3.8, 4) is 0 Å². The Morgan fingerprint density at radius 3 is 2.52 bits per heavy atom. The van der Waals surface area contributed by atoms with Gasteiger partial charge in [-0.25, -0.2) is 0 Å². The minimum atomic E-state index is 0.291. The molecule has 3 aromatic rings. The molecule has 0 saturated carbocycles. The monoisotopic (exact) mass is 295 g/mol. The minimum absolute atomic E-state index is 0.291. The molecule has 0 bridgehead atoms. The van der Waals surface area contributed by atoms with Crippen molar-refractivity contribution in [1.82, 2.24) is 5.32 Å². The molecule has 1 atom stereocenters. The minimum Gasteiger partial charge on any atom is -0.306 e. The summed E-state index contributed by atoms with van der Waals surface area (Å²) in [6.45, 7) is 5.42. The van der Waals surface area contributed by atoms with E-state index >= 15 is 0 Å². The Morgan fingerprint density at radius 2 is 1.81 bits per heavy atom. The van der Waals surface area contributed by atoms with E-state index in [0.29, 0.717) is 6.04 Å². The van der Waals surface area contributed by atoms with Gasteiger partial charge in [0, 0.05) is 4.88 Å². The van der Waals surface area contributed by atoms with Crippen molar-refractivity contribution in [3.63, 3.8) is 0 Å². The van der Waals surface area contributed by atoms with Gasteiger partial charge in [0.15, 0.2) is 0 Å². The molecule has 0 spiro atoms. The van der Waals surface area contributed by atoms with E-state index in [1.807, 2.05) is 11.3 Å². The molecule has 1 N–H and O–H groups in total. The van der Waals surface area contributed by atoms with E-state index in [2.05, 4.69) is 73.1 Å². The Hall–Kier alpha value is -1.64. The Kier molecular flexibility index (Phi) is 4.37. The predicted octanol–water partition coefficient (Wildman–Crippen LogP) is 5.30. The topological polar surface area (TPSA) is 12.0 Å². The molecule has 108 valence electrons. The van der Waals surface area contributed by atoms with Crippen molar-refractivity contribution in [1.29, 1.82) is 0 Å². The van der Waals surface area contributed by atoms with Crippen LogP contribution in [-0.4, -0.2) is 6.54 Å². The molecular formula is C19H21NS. The number of aryl methyl sites for hydroxylation is 1. The first-order valence-electron chi connectivity index (χ1n) is 7.55. The van der Waals surface area contributed by atoms with Crippen LogP contribution in [0.2, 0.25) is 0 Å². The molecule has 3 rings (SSSR count). The lowest BCUT2D eigenvalue weighted by atomic mass is 9.97. The Labute approximate surface area is 130 Å². The van der Waals surface area contributed by atoms with Gasteiger partial charge in [0.25, 0.3) is 0 Å². The number of benzene rings is 2. The van der Waals surface area contributed by atoms with Crippen molar-refractivity contribution in [3.05, 3.63) is 69.9 Å². The van der Waals surface area contributed by atoms with Crippen LogP contribution in [0.3, 0.4) is 0 Å². The fourth-order valence-corrected chi connectivity index (χ4v) is 3.45. The van der Waals surface area contributed by atoms with Crippen LogP contribution >= 0.6 is 11.3 Å². The third-order valence-corrected chi connectivity index (χ3v) is 4.67. The Balaban J connectivity index is 2.00. The standard InChI is InChI=1S/C19H21NS/c1-3-10-20-19(18-11-14(2)21-13-18)17-9-8-15-6-4-5-7-16(15)12-17/h4-9,11-13,19-20H,3,10H2,1-2H3. The zero-order valence-electron chi connectivity index (χ0n) is 12.6. The van der Waals surface area contributed by atoms with Gasteiger partial charge in [-0.3, -0.25) is 0 Å². The molecule has 21 heavy (non-hydrogen) atoms. The Bertz CT molecular complexity index is 729. The van der Waals surface area contributed by atoms with Crippen molar-refractivity contribution in [2.45, 2.75) is 26.3 Å². The summed E-state index contributed by atoms with van der Waals surface area (Å²) >= 11 is 1.82. The number of hydrogen-bond acceptors (Lipinski definition) is 2. The van der Waals surface area contributed by atoms with Crippen LogP contribution in [0.25, 0.3) is 10.8 Å². The molecule has 0 amide bonds. The molecule has 1 nitrogen and oxygen atoms in total. The van der Waals surface area contributed by atoms with Crippen LogP contribution in [0, 0.1) is 6.92 Å². The summed E-state index contributed by atoms with van der Waals surface area (Å²) < 4.78 is 0. The Morgan fingerprint density at radius 1 is 1.00 bits per heavy atom. The van der Waals surface area contributed by atoms with Crippen LogP contribution < -0.4 is 5.32 Å². The molecule has 1 unspecified atom stereocenters. The summed E-state index contributed by atoms with van der Waals surface area (Å²) in [5.41, 5.74) is 2.72. The lowest BCUT2D eigenvalue weighted by molar-refractivity contribution is 0.600. The summed E-state index contributed by atoms with van der Waals surface area (Å²) in [5.74, 6) is 0. The molecule has 0 saturated heterocycles. The number of fused-ring (bicyclic) bond motifs is 1. The number of thiophene rings is 1. The smallest absolute Gasteiger partial charge is 0.0585 e. The van der Waals surface area contributed by atoms with E-state index in [4.69, 9.17) is 0 Å². The molecule has 2 aromatic carbocycles. The van der Waals surface area contributed by atoms with Crippen molar-refractivity contribution >= 4 is 22.1 Å². The van der Waals surface area contributed by atoms with Crippen molar-refractivity contribution in [2.24, 2.45) is 0 Å². The lowest BCUT2D eigenvalue weighted by Gasteiger charge is -2.19. The summed E-state index contributed by atoms with van der Waals surface area (Å²) in [4.78, 5) is 1.37. The van der Waals surface area contributed by atoms with E-state index in [0.717, 1.165) is 13.0 Å². The second-order valence-corrected chi connectivity index (χ2v) is 6.60. The summed E-state index contributed by atoms with van der Waals surface area (Å²) in [7, 11) is 0. The highest BCUT2D eigenvalue weighted by molar-refractivity contribution is 7.10. The highest BCUT2D eigenvalue weighted by atomic mass is 32.1. The molecular weight excluding hydrogens is 274 g/mol. The van der Waals surface area contributed by atoms with Crippen LogP contribution in [0.4, 0.5) is 0 Å². The predicted molar refractivity (Wildman–Crippen MR) is 93.1 cm³/mol. The van der Waals surface area contributed by atoms with E-state index in [9.17, 15) is 0 Å². The third kappa shape index (κ3) is 3.17. The number of hydrogen-bond donors (Lipinski definition) is 1. The van der Waals surface area contributed by atoms with Gasteiger partial charge in [0.2, 0.25) is 0 Å². The highest BCUT2D eigenvalue weighted by Crippen LogP contribution is 2.28. The second-order valence-electron chi connectivity index (χ2n) is 5.48. The van der Waals surface area contributed by atoms with Gasteiger partial charge in [0.1, 0.15) is 0 Å². The normalized spacial score (nSPS) is 12.7. The number of rotatable bonds is 5. The summed E-state index contributed by atoms with van der Waals surface area (Å²) in [6.07, 6.45) is 1.15. The van der Waals surface area contributed by atoms with Crippen LogP contribution in [0.15, 0.2) is 53.9 Å². The zero-order chi connectivity index (χ0) is 14.7. The fourth-order valence-electron chi connectivity index (χ4n) is 2.72. The SMILES string of the molecule is CCCNC(c1csc(C)c1)c1ccc2ccccc2c1. The molecule has 2 heteroatoms. The van der Waals surface area contributed by atoms with Crippen molar-refractivity contribution < 1.29 is 0 Å². The molecule has 0 aliphatic carbocycles. The van der Waals surface area contributed by atoms with E-state index in [1.54, 1.807) is 0 Å². The summed E-state index contributed by atoms with van der Waals surface area (Å²) in [6, 6.07) is 17.9. The third-order valence-electron chi connectivity index (χ3n) is 3.79. The van der Waals surface area contributed by atoms with E-state index < -0.39 is 0 Å². The average Bonchev–Trinajstić information content (AvgIpc) is 2.94. The van der Waals surface area contributed by atoms with Gasteiger partial charge in [-0.15, -0.1) is 11.3 Å². The molecule has 0 aliphatic heterocycles. The lowest BCUT2D eigenvalue weighted by Crippen LogP contribution is -2.22. The maximum atomic E-state index is 3.69. The van der Waals surface area contributed by atoms with Gasteiger partial charge in [-0.05, 0) is 59.3 Å². The van der Waals surface area contributed by atoms with Gasteiger partial charge >= 0.3 is 0 Å². The molecule has 1 aromatic heterocycles. The maximum Gasteiger partial charge on any atom is 0.0585 e. The first-order valence-corrected chi connectivity index (χ1v) is 8.43. The fraction of sp³-hybridized carbons (Fsp3) is 0.263. The molecule has 0 radical (unpaired) electrons. The van der Waals surface area contributed by atoms with Crippen LogP contribution in [-0.2, 0) is 0 Å². The molecule has 1 heterocycles. The van der Waals surface area contributed by atoms with Gasteiger partial charge < -0.3 is 5.32 Å². The van der Waals surface area contributed by atoms with E-state index in [-0.39, 0.29) is 0 Å². The zero-order valence-corrected chi connectivity index (χ0v) is 13.4. The quantitative estimate of drug-likeness (QED) is 0.673. The second kappa shape index (κ2) is 6.42. The molecule has 0 fully saturated rings. The number of nitrogens with one attached hydrogen (secondary N) is 1. The molecule has 0 aliphatic rings. The average molecular weight is 295 g/mol. The van der Waals surface area contributed by atoms with Crippen molar-refractivity contribution in [2.75, 3.05) is 6.54 Å². The van der Waals surface area contributed by atoms with Gasteiger partial charge in [0.05, 0.1) is 6.04 Å². The van der Waals surface area contributed by atoms with Crippen LogP contribution in [0.5, 0.6) is 0 Å². The maximum absolute atomic E-state index is 3.69.